The number of ether oxygens (including phenoxy) is 1. The molecule has 0 aliphatic carbocycles. The first-order chi connectivity index (χ1) is 9.06. The van der Waals surface area contributed by atoms with Gasteiger partial charge < -0.3 is 9.84 Å². The molecule has 1 N–H and O–H groups in total. The van der Waals surface area contributed by atoms with Crippen molar-refractivity contribution in [3.05, 3.63) is 36.5 Å². The van der Waals surface area contributed by atoms with Crippen molar-refractivity contribution in [3.63, 3.8) is 0 Å². The Morgan fingerprint density at radius 1 is 1.26 bits per heavy atom. The second-order valence-corrected chi connectivity index (χ2v) is 3.21. The molecule has 0 aliphatic rings. The molecule has 0 saturated carbocycles. The predicted octanol–water partition coefficient (Wildman–Crippen LogP) is 4.04. The number of allylic oxidation sites excluding steroid dienone is 4. The van der Waals surface area contributed by atoms with Gasteiger partial charge in [-0.1, -0.05) is 44.7 Å². The van der Waals surface area contributed by atoms with E-state index < -0.39 is 12.1 Å². The average Bonchev–Trinajstić information content (AvgIpc) is 2.47. The molecule has 0 aromatic heterocycles. The molecule has 0 bridgehead atoms. The third kappa shape index (κ3) is 16.6. The van der Waals surface area contributed by atoms with E-state index in [1.54, 1.807) is 19.1 Å². The summed E-state index contributed by atoms with van der Waals surface area (Å²) in [4.78, 5) is 11.0. The fraction of sp³-hybridized carbons (Fsp3) is 0.562. The molecule has 112 valence electrons. The van der Waals surface area contributed by atoms with Crippen LogP contribution in [0, 0.1) is 0 Å². The van der Waals surface area contributed by atoms with E-state index in [4.69, 9.17) is 0 Å². The normalized spacial score (nSPS) is 11.6. The highest BCUT2D eigenvalue weighted by molar-refractivity contribution is 5.74. The summed E-state index contributed by atoms with van der Waals surface area (Å²) in [5, 5.41) is 9.32. The maximum absolute atomic E-state index is 11.0. The molecule has 0 aromatic rings. The zero-order chi connectivity index (χ0) is 15.7. The first-order valence-corrected chi connectivity index (χ1v) is 6.76. The lowest BCUT2D eigenvalue weighted by atomic mass is 10.1. The van der Waals surface area contributed by atoms with E-state index in [9.17, 15) is 9.90 Å². The second-order valence-electron chi connectivity index (χ2n) is 3.21. The third-order valence-corrected chi connectivity index (χ3v) is 1.95. The minimum Gasteiger partial charge on any atom is -0.464 e. The van der Waals surface area contributed by atoms with Gasteiger partial charge in [-0.05, 0) is 33.3 Å². The summed E-state index contributed by atoms with van der Waals surface area (Å²) < 4.78 is 4.64. The molecule has 0 rings (SSSR count). The van der Waals surface area contributed by atoms with Gasteiger partial charge in [-0.15, -0.1) is 0 Å². The largest absolute Gasteiger partial charge is 0.464 e. The Balaban J connectivity index is -0.000000361. The topological polar surface area (TPSA) is 46.5 Å². The van der Waals surface area contributed by atoms with Crippen LogP contribution in [-0.4, -0.2) is 23.8 Å². The molecule has 1 unspecified atom stereocenters. The summed E-state index contributed by atoms with van der Waals surface area (Å²) in [7, 11) is 0. The lowest BCUT2D eigenvalue weighted by Gasteiger charge is -2.09. The van der Waals surface area contributed by atoms with Crippen LogP contribution in [0.2, 0.25) is 0 Å². The Kier molecular flexibility index (Phi) is 22.8. The first-order valence-electron chi connectivity index (χ1n) is 6.76. The molecule has 0 heterocycles. The average molecular weight is 270 g/mol. The minimum absolute atomic E-state index is 0.263. The van der Waals surface area contributed by atoms with Gasteiger partial charge in [0.15, 0.2) is 6.10 Å². The maximum Gasteiger partial charge on any atom is 0.335 e. The van der Waals surface area contributed by atoms with Crippen LogP contribution in [0.15, 0.2) is 36.5 Å². The number of hydrogen-bond acceptors (Lipinski definition) is 3. The van der Waals surface area contributed by atoms with Crippen molar-refractivity contribution in [2.75, 3.05) is 6.61 Å². The molecule has 0 aliphatic heterocycles. The van der Waals surface area contributed by atoms with Gasteiger partial charge >= 0.3 is 5.97 Å². The van der Waals surface area contributed by atoms with Crippen LogP contribution in [-0.2, 0) is 9.53 Å². The lowest BCUT2D eigenvalue weighted by Crippen LogP contribution is -2.23. The van der Waals surface area contributed by atoms with E-state index in [2.05, 4.69) is 11.3 Å². The standard InChI is InChI=1S/C10H16O3.C4H8.C2H6/c1-4-8(5-2)7-9(11)10(12)13-6-3;1-3-4-2;1-2/h4-5,9,11H,1,6-7H2,2-3H3;3-4H,1-2H3;1-2H3/b8-5+;4-3-;. The monoisotopic (exact) mass is 270 g/mol. The molecular weight excluding hydrogens is 240 g/mol. The SMILES string of the molecule is C/C=C\C.C=C/C(=C\C)CC(O)C(=O)OCC.CC. The number of aliphatic hydroxyl groups excluding tert-OH is 1. The van der Waals surface area contributed by atoms with Crippen molar-refractivity contribution >= 4 is 5.97 Å². The smallest absolute Gasteiger partial charge is 0.335 e. The molecule has 3 nitrogen and oxygen atoms in total. The minimum atomic E-state index is -1.08. The Labute approximate surface area is 118 Å². The van der Waals surface area contributed by atoms with Gasteiger partial charge in [-0.3, -0.25) is 0 Å². The van der Waals surface area contributed by atoms with E-state index in [1.807, 2.05) is 46.8 Å². The zero-order valence-corrected chi connectivity index (χ0v) is 13.3. The summed E-state index contributed by atoms with van der Waals surface area (Å²) in [5.74, 6) is -0.580. The first kappa shape index (κ1) is 22.8. The van der Waals surface area contributed by atoms with E-state index in [0.717, 1.165) is 5.57 Å². The summed E-state index contributed by atoms with van der Waals surface area (Å²) >= 11 is 0. The Morgan fingerprint density at radius 2 is 1.74 bits per heavy atom. The van der Waals surface area contributed by atoms with E-state index in [0.29, 0.717) is 0 Å². The van der Waals surface area contributed by atoms with Crippen molar-refractivity contribution in [3.8, 4) is 0 Å². The zero-order valence-electron chi connectivity index (χ0n) is 13.3. The van der Waals surface area contributed by atoms with Gasteiger partial charge in [-0.25, -0.2) is 4.79 Å². The highest BCUT2D eigenvalue weighted by Gasteiger charge is 2.16. The van der Waals surface area contributed by atoms with Gasteiger partial charge in [-0.2, -0.15) is 0 Å². The highest BCUT2D eigenvalue weighted by Crippen LogP contribution is 2.07. The Bertz CT molecular complexity index is 261. The van der Waals surface area contributed by atoms with E-state index in [-0.39, 0.29) is 13.0 Å². The van der Waals surface area contributed by atoms with Gasteiger partial charge in [0.1, 0.15) is 0 Å². The number of carbonyl (C=O) groups excluding carboxylic acids is 1. The van der Waals surface area contributed by atoms with Gasteiger partial charge in [0.25, 0.3) is 0 Å². The van der Waals surface area contributed by atoms with Gasteiger partial charge in [0, 0.05) is 6.42 Å². The number of hydrogen-bond donors (Lipinski definition) is 1. The van der Waals surface area contributed by atoms with Crippen LogP contribution in [0.25, 0.3) is 0 Å². The lowest BCUT2D eigenvalue weighted by molar-refractivity contribution is -0.152. The van der Waals surface area contributed by atoms with Crippen LogP contribution in [0.1, 0.15) is 48.0 Å². The van der Waals surface area contributed by atoms with Crippen molar-refractivity contribution in [2.45, 2.75) is 54.1 Å². The summed E-state index contributed by atoms with van der Waals surface area (Å²) in [5.41, 5.74) is 0.834. The molecular formula is C16H30O3. The van der Waals surface area contributed by atoms with Gasteiger partial charge in [0.05, 0.1) is 6.61 Å². The molecule has 0 saturated heterocycles. The second kappa shape index (κ2) is 19.0. The summed E-state index contributed by atoms with van der Waals surface area (Å²) in [6.07, 6.45) is 6.60. The summed E-state index contributed by atoms with van der Waals surface area (Å²) in [6, 6.07) is 0. The highest BCUT2D eigenvalue weighted by atomic mass is 16.5. The molecule has 0 spiro atoms. The van der Waals surface area contributed by atoms with Crippen LogP contribution in [0.5, 0.6) is 0 Å². The van der Waals surface area contributed by atoms with Crippen molar-refractivity contribution in [1.82, 2.24) is 0 Å². The summed E-state index contributed by atoms with van der Waals surface area (Å²) in [6.45, 7) is 15.4. The molecule has 0 aromatic carbocycles. The fourth-order valence-electron chi connectivity index (χ4n) is 0.864. The van der Waals surface area contributed by atoms with Crippen LogP contribution >= 0.6 is 0 Å². The van der Waals surface area contributed by atoms with Crippen LogP contribution in [0.3, 0.4) is 0 Å². The van der Waals surface area contributed by atoms with Crippen molar-refractivity contribution in [1.29, 1.82) is 0 Å². The number of rotatable bonds is 5. The number of aliphatic hydroxyl groups is 1. The third-order valence-electron chi connectivity index (χ3n) is 1.95. The number of carbonyl (C=O) groups is 1. The van der Waals surface area contributed by atoms with Crippen molar-refractivity contribution in [2.24, 2.45) is 0 Å². The maximum atomic E-state index is 11.0. The predicted molar refractivity (Wildman–Crippen MR) is 83.0 cm³/mol. The molecule has 0 amide bonds. The Morgan fingerprint density at radius 3 is 2.00 bits per heavy atom. The Hall–Kier alpha value is -1.35. The quantitative estimate of drug-likeness (QED) is 0.466. The molecule has 0 fully saturated rings. The molecule has 19 heavy (non-hydrogen) atoms. The molecule has 1 atom stereocenters. The van der Waals surface area contributed by atoms with E-state index in [1.165, 1.54) is 0 Å². The van der Waals surface area contributed by atoms with Crippen molar-refractivity contribution < 1.29 is 14.6 Å². The van der Waals surface area contributed by atoms with Gasteiger partial charge in [0.2, 0.25) is 0 Å². The fourth-order valence-corrected chi connectivity index (χ4v) is 0.864. The molecule has 3 heteroatoms. The number of esters is 1. The van der Waals surface area contributed by atoms with E-state index >= 15 is 0 Å². The van der Waals surface area contributed by atoms with Crippen LogP contribution in [0.4, 0.5) is 0 Å². The molecule has 0 radical (unpaired) electrons. The van der Waals surface area contributed by atoms with Crippen LogP contribution < -0.4 is 0 Å².